The van der Waals surface area contributed by atoms with Gasteiger partial charge in [-0.3, -0.25) is 4.79 Å². The predicted octanol–water partition coefficient (Wildman–Crippen LogP) is 3.37. The van der Waals surface area contributed by atoms with Gasteiger partial charge >= 0.3 is 17.9 Å². The number of carbonyl (C=O) groups is 3. The van der Waals surface area contributed by atoms with Crippen molar-refractivity contribution in [3.63, 3.8) is 0 Å². The second-order valence-electron chi connectivity index (χ2n) is 7.18. The van der Waals surface area contributed by atoms with E-state index in [2.05, 4.69) is 4.74 Å². The number of ether oxygens (including phenoxy) is 3. The van der Waals surface area contributed by atoms with Crippen molar-refractivity contribution in [3.05, 3.63) is 82.4 Å². The van der Waals surface area contributed by atoms with Gasteiger partial charge in [0.15, 0.2) is 5.60 Å². The van der Waals surface area contributed by atoms with Crippen LogP contribution in [0.25, 0.3) is 0 Å². The Morgan fingerprint density at radius 3 is 2.06 bits per heavy atom. The van der Waals surface area contributed by atoms with Crippen molar-refractivity contribution in [1.82, 2.24) is 0 Å². The summed E-state index contributed by atoms with van der Waals surface area (Å²) in [4.78, 5) is 36.4. The molecule has 2 heterocycles. The molecule has 3 aromatic carbocycles. The van der Waals surface area contributed by atoms with E-state index in [4.69, 9.17) is 9.47 Å². The summed E-state index contributed by atoms with van der Waals surface area (Å²) in [5, 5.41) is 19.9. The molecule has 1 spiro atoms. The molecule has 31 heavy (non-hydrogen) atoms. The molecule has 154 valence electrons. The minimum absolute atomic E-state index is 0.0544. The topological polar surface area (TPSA) is 119 Å². The molecule has 2 aliphatic heterocycles. The Hall–Kier alpha value is -4.33. The molecule has 2 N–H and O–H groups in total. The van der Waals surface area contributed by atoms with Crippen molar-refractivity contribution in [1.29, 1.82) is 0 Å². The molecule has 5 rings (SSSR count). The van der Waals surface area contributed by atoms with E-state index in [9.17, 15) is 24.6 Å². The SMILES string of the molecule is CC(=O)OC(=O)c1ccc2c(c1)C1(OC2=O)c2ccc(O)cc2Oc2cc(O)ccc21. The normalized spacial score (nSPS) is 14.7. The van der Waals surface area contributed by atoms with Crippen LogP contribution in [0.1, 0.15) is 44.3 Å². The second-order valence-corrected chi connectivity index (χ2v) is 7.18. The van der Waals surface area contributed by atoms with E-state index in [1.165, 1.54) is 42.5 Å². The number of benzene rings is 3. The average Bonchev–Trinajstić information content (AvgIpc) is 2.99. The second kappa shape index (κ2) is 6.33. The highest BCUT2D eigenvalue weighted by atomic mass is 16.6. The zero-order valence-electron chi connectivity index (χ0n) is 16.0. The van der Waals surface area contributed by atoms with E-state index < -0.39 is 23.5 Å². The first-order chi connectivity index (χ1) is 14.8. The molecule has 8 nitrogen and oxygen atoms in total. The Balaban J connectivity index is 1.81. The fourth-order valence-electron chi connectivity index (χ4n) is 4.02. The fourth-order valence-corrected chi connectivity index (χ4v) is 4.02. The predicted molar refractivity (Wildman–Crippen MR) is 104 cm³/mol. The van der Waals surface area contributed by atoms with Crippen LogP contribution in [0.5, 0.6) is 23.0 Å². The number of aromatic hydroxyl groups is 2. The standard InChI is InChI=1S/C23H14O8/c1-11(24)29-21(27)12-2-5-15-18(8-12)23(31-22(15)28)16-6-3-13(25)9-19(16)30-20-10-14(26)4-7-17(20)23/h2-10,25-26H,1H3. The van der Waals surface area contributed by atoms with E-state index in [-0.39, 0.29) is 34.1 Å². The van der Waals surface area contributed by atoms with Crippen LogP contribution >= 0.6 is 0 Å². The molecule has 0 saturated heterocycles. The van der Waals surface area contributed by atoms with Crippen molar-refractivity contribution in [2.45, 2.75) is 12.5 Å². The minimum Gasteiger partial charge on any atom is -0.508 e. The molecule has 0 saturated carbocycles. The smallest absolute Gasteiger partial charge is 0.345 e. The van der Waals surface area contributed by atoms with Crippen LogP contribution in [0, 0.1) is 0 Å². The fraction of sp³-hybridized carbons (Fsp3) is 0.0870. The summed E-state index contributed by atoms with van der Waals surface area (Å²) in [5.74, 6) is -1.96. The van der Waals surface area contributed by atoms with Crippen molar-refractivity contribution in [3.8, 4) is 23.0 Å². The van der Waals surface area contributed by atoms with Gasteiger partial charge < -0.3 is 24.4 Å². The molecule has 0 aliphatic carbocycles. The summed E-state index contributed by atoms with van der Waals surface area (Å²) in [6, 6.07) is 12.9. The summed E-state index contributed by atoms with van der Waals surface area (Å²) in [5.41, 5.74) is -0.0281. The van der Waals surface area contributed by atoms with E-state index >= 15 is 0 Å². The lowest BCUT2D eigenvalue weighted by molar-refractivity contribution is -0.135. The summed E-state index contributed by atoms with van der Waals surface area (Å²) in [6.07, 6.45) is 0. The lowest BCUT2D eigenvalue weighted by Gasteiger charge is -2.36. The number of hydrogen-bond acceptors (Lipinski definition) is 8. The molecule has 8 heteroatoms. The van der Waals surface area contributed by atoms with Crippen LogP contribution in [0.15, 0.2) is 54.6 Å². The van der Waals surface area contributed by atoms with Gasteiger partial charge in [0.05, 0.1) is 11.1 Å². The zero-order valence-corrected chi connectivity index (χ0v) is 16.0. The summed E-state index contributed by atoms with van der Waals surface area (Å²) in [7, 11) is 0. The van der Waals surface area contributed by atoms with Gasteiger partial charge in [-0.25, -0.2) is 9.59 Å². The number of phenolic OH excluding ortho intramolecular Hbond substituents is 2. The number of esters is 3. The molecular formula is C23H14O8. The van der Waals surface area contributed by atoms with Crippen molar-refractivity contribution < 1.29 is 38.8 Å². The van der Waals surface area contributed by atoms with E-state index in [1.54, 1.807) is 12.1 Å². The molecule has 0 atom stereocenters. The van der Waals surface area contributed by atoms with Gasteiger partial charge in [-0.15, -0.1) is 0 Å². The quantitative estimate of drug-likeness (QED) is 0.456. The van der Waals surface area contributed by atoms with Gasteiger partial charge in [-0.2, -0.15) is 0 Å². The zero-order chi connectivity index (χ0) is 21.9. The Morgan fingerprint density at radius 2 is 1.48 bits per heavy atom. The third-order valence-electron chi connectivity index (χ3n) is 5.25. The third-order valence-corrected chi connectivity index (χ3v) is 5.25. The van der Waals surface area contributed by atoms with Gasteiger partial charge in [-0.1, -0.05) is 0 Å². The van der Waals surface area contributed by atoms with Crippen molar-refractivity contribution in [2.24, 2.45) is 0 Å². The van der Waals surface area contributed by atoms with Crippen LogP contribution in [0.4, 0.5) is 0 Å². The molecule has 0 amide bonds. The molecule has 0 aromatic heterocycles. The third kappa shape index (κ3) is 2.65. The Labute approximate surface area is 175 Å². The van der Waals surface area contributed by atoms with Gasteiger partial charge in [-0.05, 0) is 42.5 Å². The largest absolute Gasteiger partial charge is 0.508 e. The molecule has 0 bridgehead atoms. The lowest BCUT2D eigenvalue weighted by Crippen LogP contribution is -2.33. The molecular weight excluding hydrogens is 404 g/mol. The first-order valence-electron chi connectivity index (χ1n) is 9.25. The highest BCUT2D eigenvalue weighted by molar-refractivity contribution is 6.01. The number of phenols is 2. The van der Waals surface area contributed by atoms with Gasteiger partial charge in [0.1, 0.15) is 23.0 Å². The Morgan fingerprint density at radius 1 is 0.871 bits per heavy atom. The number of carbonyl (C=O) groups excluding carboxylic acids is 3. The lowest BCUT2D eigenvalue weighted by atomic mass is 9.77. The van der Waals surface area contributed by atoms with Crippen LogP contribution in [-0.2, 0) is 19.9 Å². The Kier molecular flexibility index (Phi) is 3.82. The highest BCUT2D eigenvalue weighted by Crippen LogP contribution is 2.57. The summed E-state index contributed by atoms with van der Waals surface area (Å²) in [6.45, 7) is 1.11. The van der Waals surface area contributed by atoms with Gasteiger partial charge in [0.2, 0.25) is 0 Å². The van der Waals surface area contributed by atoms with Crippen LogP contribution in [0.3, 0.4) is 0 Å². The first kappa shape index (κ1) is 18.7. The van der Waals surface area contributed by atoms with Gasteiger partial charge in [0, 0.05) is 35.7 Å². The molecule has 0 radical (unpaired) electrons. The molecule has 2 aliphatic rings. The number of hydrogen-bond donors (Lipinski definition) is 2. The monoisotopic (exact) mass is 418 g/mol. The van der Waals surface area contributed by atoms with Crippen LogP contribution < -0.4 is 4.74 Å². The summed E-state index contributed by atoms with van der Waals surface area (Å²) < 4.78 is 16.4. The number of rotatable bonds is 1. The minimum atomic E-state index is -1.50. The van der Waals surface area contributed by atoms with Crippen molar-refractivity contribution in [2.75, 3.05) is 0 Å². The average molecular weight is 418 g/mol. The molecule has 0 unspecified atom stereocenters. The molecule has 0 fully saturated rings. The van der Waals surface area contributed by atoms with Crippen molar-refractivity contribution >= 4 is 17.9 Å². The summed E-state index contributed by atoms with van der Waals surface area (Å²) >= 11 is 0. The first-order valence-corrected chi connectivity index (χ1v) is 9.25. The molecule has 3 aromatic rings. The maximum absolute atomic E-state index is 12.8. The maximum atomic E-state index is 12.8. The van der Waals surface area contributed by atoms with Crippen LogP contribution in [-0.4, -0.2) is 28.1 Å². The van der Waals surface area contributed by atoms with Gasteiger partial charge in [0.25, 0.3) is 0 Å². The maximum Gasteiger partial charge on any atom is 0.345 e. The van der Waals surface area contributed by atoms with E-state index in [0.29, 0.717) is 16.7 Å². The highest BCUT2D eigenvalue weighted by Gasteiger charge is 2.54. The number of fused-ring (bicyclic) bond motifs is 6. The van der Waals surface area contributed by atoms with E-state index in [0.717, 1.165) is 6.92 Å². The van der Waals surface area contributed by atoms with Crippen LogP contribution in [0.2, 0.25) is 0 Å². The Bertz CT molecular complexity index is 1260. The van der Waals surface area contributed by atoms with E-state index in [1.807, 2.05) is 0 Å².